The predicted molar refractivity (Wildman–Crippen MR) is 106 cm³/mol. The average molecular weight is 386 g/mol. The van der Waals surface area contributed by atoms with Crippen LogP contribution in [0.15, 0.2) is 35.6 Å². The fourth-order valence-corrected chi connectivity index (χ4v) is 3.51. The van der Waals surface area contributed by atoms with Crippen LogP contribution in [0.1, 0.15) is 23.7 Å². The number of piperazine rings is 1. The van der Waals surface area contributed by atoms with Gasteiger partial charge in [0, 0.05) is 44.7 Å². The fourth-order valence-electron chi connectivity index (χ4n) is 3.25. The van der Waals surface area contributed by atoms with Crippen molar-refractivity contribution in [3.63, 3.8) is 0 Å². The van der Waals surface area contributed by atoms with Crippen molar-refractivity contribution >= 4 is 34.9 Å². The summed E-state index contributed by atoms with van der Waals surface area (Å²) in [6, 6.07) is 4.97. The van der Waals surface area contributed by atoms with Crippen LogP contribution in [0, 0.1) is 4.77 Å². The van der Waals surface area contributed by atoms with E-state index in [1.54, 1.807) is 34.1 Å². The second-order valence-corrected chi connectivity index (χ2v) is 6.81. The standard InChI is InChI=1S/C19H22N4O3S/c1-3-7-23-18(26)14-6-5-13(12-15(14)20-19(23)27)17(25)22-10-8-21(9-11-22)16(24)4-2/h3,5-6,12H,1,4,7-11H2,2H3,(H,20,27). The van der Waals surface area contributed by atoms with Gasteiger partial charge in [0.2, 0.25) is 5.91 Å². The molecule has 0 unspecified atom stereocenters. The quantitative estimate of drug-likeness (QED) is 0.643. The third-order valence-electron chi connectivity index (χ3n) is 4.76. The molecule has 0 saturated carbocycles. The van der Waals surface area contributed by atoms with E-state index in [1.165, 1.54) is 4.57 Å². The van der Waals surface area contributed by atoms with Gasteiger partial charge in [-0.15, -0.1) is 6.58 Å². The zero-order valence-electron chi connectivity index (χ0n) is 15.2. The summed E-state index contributed by atoms with van der Waals surface area (Å²) in [7, 11) is 0. The Hall–Kier alpha value is -2.74. The van der Waals surface area contributed by atoms with E-state index in [4.69, 9.17) is 12.2 Å². The Kier molecular flexibility index (Phi) is 5.55. The average Bonchev–Trinajstić information content (AvgIpc) is 2.69. The summed E-state index contributed by atoms with van der Waals surface area (Å²) in [4.78, 5) is 43.7. The Morgan fingerprint density at radius 3 is 2.52 bits per heavy atom. The van der Waals surface area contributed by atoms with Crippen molar-refractivity contribution in [1.82, 2.24) is 19.4 Å². The van der Waals surface area contributed by atoms with Gasteiger partial charge in [-0.3, -0.25) is 19.0 Å². The van der Waals surface area contributed by atoms with Crippen molar-refractivity contribution in [2.24, 2.45) is 0 Å². The van der Waals surface area contributed by atoms with E-state index in [-0.39, 0.29) is 17.4 Å². The van der Waals surface area contributed by atoms with Crippen LogP contribution in [0.2, 0.25) is 0 Å². The molecular weight excluding hydrogens is 364 g/mol. The van der Waals surface area contributed by atoms with E-state index in [1.807, 2.05) is 6.92 Å². The Balaban J connectivity index is 1.85. The third kappa shape index (κ3) is 3.71. The van der Waals surface area contributed by atoms with Gasteiger partial charge in [0.1, 0.15) is 0 Å². The minimum atomic E-state index is -0.209. The van der Waals surface area contributed by atoms with E-state index >= 15 is 0 Å². The number of carbonyl (C=O) groups excluding carboxylic acids is 2. The van der Waals surface area contributed by atoms with Crippen LogP contribution in [0.25, 0.3) is 10.9 Å². The molecular formula is C19H22N4O3S. The molecule has 0 radical (unpaired) electrons. The fraction of sp³-hybridized carbons (Fsp3) is 0.368. The van der Waals surface area contributed by atoms with Crippen molar-refractivity contribution in [3.05, 3.63) is 51.5 Å². The number of fused-ring (bicyclic) bond motifs is 1. The topological polar surface area (TPSA) is 78.4 Å². The maximum atomic E-state index is 12.8. The molecule has 2 heterocycles. The number of carbonyl (C=O) groups is 2. The van der Waals surface area contributed by atoms with E-state index < -0.39 is 0 Å². The Bertz CT molecular complexity index is 1020. The van der Waals surface area contributed by atoms with Gasteiger partial charge in [0.25, 0.3) is 11.5 Å². The molecule has 27 heavy (non-hydrogen) atoms. The zero-order valence-corrected chi connectivity index (χ0v) is 16.1. The molecule has 1 saturated heterocycles. The molecule has 0 bridgehead atoms. The number of rotatable bonds is 4. The SMILES string of the molecule is C=CCn1c(=S)[nH]c2cc(C(=O)N3CCN(C(=O)CC)CC3)ccc2c1=O. The van der Waals surface area contributed by atoms with Gasteiger partial charge in [-0.2, -0.15) is 0 Å². The molecule has 0 spiro atoms. The highest BCUT2D eigenvalue weighted by atomic mass is 32.1. The molecule has 142 valence electrons. The summed E-state index contributed by atoms with van der Waals surface area (Å²) in [5.74, 6) is -0.00808. The zero-order chi connectivity index (χ0) is 19.6. The lowest BCUT2D eigenvalue weighted by molar-refractivity contribution is -0.132. The van der Waals surface area contributed by atoms with Crippen molar-refractivity contribution in [2.45, 2.75) is 19.9 Å². The number of nitrogens with one attached hydrogen (secondary N) is 1. The van der Waals surface area contributed by atoms with Gasteiger partial charge in [0.05, 0.1) is 10.9 Å². The highest BCUT2D eigenvalue weighted by Crippen LogP contribution is 2.14. The normalized spacial score (nSPS) is 14.4. The summed E-state index contributed by atoms with van der Waals surface area (Å²) >= 11 is 5.24. The number of H-pyrrole nitrogens is 1. The smallest absolute Gasteiger partial charge is 0.262 e. The maximum Gasteiger partial charge on any atom is 0.262 e. The van der Waals surface area contributed by atoms with E-state index in [0.717, 1.165) is 0 Å². The minimum absolute atomic E-state index is 0.108. The number of hydrogen-bond acceptors (Lipinski definition) is 4. The largest absolute Gasteiger partial charge is 0.339 e. The van der Waals surface area contributed by atoms with Crippen LogP contribution in [0.5, 0.6) is 0 Å². The Labute approximate surface area is 161 Å². The van der Waals surface area contributed by atoms with E-state index in [0.29, 0.717) is 60.4 Å². The van der Waals surface area contributed by atoms with Crippen molar-refractivity contribution in [2.75, 3.05) is 26.2 Å². The monoisotopic (exact) mass is 386 g/mol. The Morgan fingerprint density at radius 2 is 1.89 bits per heavy atom. The predicted octanol–water partition coefficient (Wildman–Crippen LogP) is 1.94. The Morgan fingerprint density at radius 1 is 1.22 bits per heavy atom. The molecule has 1 N–H and O–H groups in total. The lowest BCUT2D eigenvalue weighted by Gasteiger charge is -2.34. The molecule has 3 rings (SSSR count). The molecule has 1 fully saturated rings. The summed E-state index contributed by atoms with van der Waals surface area (Å²) < 4.78 is 1.72. The maximum absolute atomic E-state index is 12.8. The van der Waals surface area contributed by atoms with Gasteiger partial charge >= 0.3 is 0 Å². The van der Waals surface area contributed by atoms with Crippen molar-refractivity contribution in [1.29, 1.82) is 0 Å². The first kappa shape index (κ1) is 19.0. The van der Waals surface area contributed by atoms with Crippen LogP contribution >= 0.6 is 12.2 Å². The minimum Gasteiger partial charge on any atom is -0.339 e. The van der Waals surface area contributed by atoms with Crippen LogP contribution in [-0.2, 0) is 11.3 Å². The van der Waals surface area contributed by atoms with Gasteiger partial charge in [-0.1, -0.05) is 13.0 Å². The molecule has 2 amide bonds. The molecule has 7 nitrogen and oxygen atoms in total. The number of hydrogen-bond donors (Lipinski definition) is 1. The summed E-state index contributed by atoms with van der Waals surface area (Å²) in [5.41, 5.74) is 0.819. The third-order valence-corrected chi connectivity index (χ3v) is 5.08. The van der Waals surface area contributed by atoms with Crippen molar-refractivity contribution in [3.8, 4) is 0 Å². The van der Waals surface area contributed by atoms with Crippen LogP contribution in [0.3, 0.4) is 0 Å². The highest BCUT2D eigenvalue weighted by Gasteiger charge is 2.24. The first-order valence-corrected chi connectivity index (χ1v) is 9.32. The number of allylic oxidation sites excluding steroid dienone is 1. The van der Waals surface area contributed by atoms with E-state index in [9.17, 15) is 14.4 Å². The number of aromatic amines is 1. The number of aromatic nitrogens is 2. The molecule has 8 heteroatoms. The van der Waals surface area contributed by atoms with Gasteiger partial charge in [-0.05, 0) is 30.4 Å². The molecule has 1 aromatic carbocycles. The first-order chi connectivity index (χ1) is 13.0. The summed E-state index contributed by atoms with van der Waals surface area (Å²) in [6.07, 6.45) is 2.08. The van der Waals surface area contributed by atoms with Gasteiger partial charge < -0.3 is 14.8 Å². The van der Waals surface area contributed by atoms with Gasteiger partial charge in [-0.25, -0.2) is 0 Å². The lowest BCUT2D eigenvalue weighted by atomic mass is 10.1. The number of nitrogens with zero attached hydrogens (tertiary/aromatic N) is 3. The second-order valence-electron chi connectivity index (χ2n) is 6.42. The lowest BCUT2D eigenvalue weighted by Crippen LogP contribution is -2.50. The second kappa shape index (κ2) is 7.87. The molecule has 1 aromatic heterocycles. The van der Waals surface area contributed by atoms with Gasteiger partial charge in [0.15, 0.2) is 4.77 Å². The molecule has 1 aliphatic rings. The molecule has 1 aliphatic heterocycles. The number of amides is 2. The molecule has 0 aliphatic carbocycles. The molecule has 2 aromatic rings. The summed E-state index contributed by atoms with van der Waals surface area (Å²) in [5, 5.41) is 0.473. The summed E-state index contributed by atoms with van der Waals surface area (Å²) in [6.45, 7) is 7.88. The van der Waals surface area contributed by atoms with E-state index in [2.05, 4.69) is 11.6 Å². The first-order valence-electron chi connectivity index (χ1n) is 8.91. The molecule has 0 atom stereocenters. The van der Waals surface area contributed by atoms with Crippen LogP contribution in [-0.4, -0.2) is 57.3 Å². The van der Waals surface area contributed by atoms with Crippen LogP contribution < -0.4 is 5.56 Å². The van der Waals surface area contributed by atoms with Crippen LogP contribution in [0.4, 0.5) is 0 Å². The highest BCUT2D eigenvalue weighted by molar-refractivity contribution is 7.71. The number of benzene rings is 1. The van der Waals surface area contributed by atoms with Crippen molar-refractivity contribution < 1.29 is 9.59 Å².